The third-order valence-corrected chi connectivity index (χ3v) is 5.43. The summed E-state index contributed by atoms with van der Waals surface area (Å²) in [7, 11) is 2.03. The molecule has 1 saturated heterocycles. The lowest BCUT2D eigenvalue weighted by Gasteiger charge is -2.32. The van der Waals surface area contributed by atoms with E-state index in [-0.39, 0.29) is 11.8 Å². The first-order valence-corrected chi connectivity index (χ1v) is 10.2. The number of halogens is 3. The lowest BCUT2D eigenvalue weighted by Crippen LogP contribution is -2.41. The zero-order valence-corrected chi connectivity index (χ0v) is 17.0. The smallest absolute Gasteiger partial charge is 0.375 e. The Hall–Kier alpha value is -2.77. The lowest BCUT2D eigenvalue weighted by atomic mass is 9.96. The van der Waals surface area contributed by atoms with Crippen molar-refractivity contribution in [2.75, 3.05) is 43.0 Å². The van der Waals surface area contributed by atoms with Gasteiger partial charge in [0.2, 0.25) is 5.91 Å². The summed E-state index contributed by atoms with van der Waals surface area (Å²) in [5, 5.41) is 3.01. The molecule has 1 N–H and O–H groups in total. The molecule has 1 fully saturated rings. The Morgan fingerprint density at radius 3 is 2.47 bits per heavy atom. The summed E-state index contributed by atoms with van der Waals surface area (Å²) in [6, 6.07) is 12.5. The molecular formula is C22H27F3N4O. The predicted molar refractivity (Wildman–Crippen MR) is 112 cm³/mol. The number of alkyl halides is 3. The normalized spacial score (nSPS) is 15.1. The summed E-state index contributed by atoms with van der Waals surface area (Å²) in [5.41, 5.74) is 0.395. The molecule has 30 heavy (non-hydrogen) atoms. The molecule has 162 valence electrons. The highest BCUT2D eigenvalue weighted by Gasteiger charge is 2.31. The molecular weight excluding hydrogens is 393 g/mol. The highest BCUT2D eigenvalue weighted by Crippen LogP contribution is 2.30. The van der Waals surface area contributed by atoms with Gasteiger partial charge in [0.1, 0.15) is 5.82 Å². The maximum absolute atomic E-state index is 12.7. The van der Waals surface area contributed by atoms with E-state index >= 15 is 0 Å². The van der Waals surface area contributed by atoms with Crippen molar-refractivity contribution in [2.45, 2.75) is 25.4 Å². The molecule has 0 radical (unpaired) electrons. The summed E-state index contributed by atoms with van der Waals surface area (Å²) < 4.78 is 38.0. The number of carbonyl (C=O) groups is 1. The summed E-state index contributed by atoms with van der Waals surface area (Å²) in [4.78, 5) is 20.5. The number of nitrogens with zero attached hydrogens (tertiary/aromatic N) is 3. The van der Waals surface area contributed by atoms with E-state index < -0.39 is 11.7 Å². The average molecular weight is 420 g/mol. The number of carbonyl (C=O) groups excluding carboxylic acids is 1. The minimum absolute atomic E-state index is 0.0531. The number of aromatic nitrogens is 1. The van der Waals surface area contributed by atoms with Crippen LogP contribution >= 0.6 is 0 Å². The van der Waals surface area contributed by atoms with Gasteiger partial charge >= 0.3 is 6.18 Å². The predicted octanol–water partition coefficient (Wildman–Crippen LogP) is 3.96. The van der Waals surface area contributed by atoms with Crippen molar-refractivity contribution < 1.29 is 18.0 Å². The molecule has 0 atom stereocenters. The van der Waals surface area contributed by atoms with Crippen molar-refractivity contribution in [3.8, 4) is 0 Å². The Morgan fingerprint density at radius 2 is 1.87 bits per heavy atom. The third kappa shape index (κ3) is 5.87. The fraction of sp³-hybridized carbons (Fsp3) is 0.455. The van der Waals surface area contributed by atoms with E-state index in [4.69, 9.17) is 0 Å². The first-order chi connectivity index (χ1) is 14.3. The highest BCUT2D eigenvalue weighted by atomic mass is 19.4. The lowest BCUT2D eigenvalue weighted by molar-refractivity contribution is -0.137. The van der Waals surface area contributed by atoms with Crippen molar-refractivity contribution in [3.05, 3.63) is 54.2 Å². The summed E-state index contributed by atoms with van der Waals surface area (Å²) in [6.45, 7) is 2.68. The van der Waals surface area contributed by atoms with Crippen LogP contribution < -0.4 is 15.1 Å². The molecule has 0 bridgehead atoms. The molecule has 0 spiro atoms. The molecule has 2 heterocycles. The number of anilines is 2. The van der Waals surface area contributed by atoms with Crippen molar-refractivity contribution in [1.82, 2.24) is 10.3 Å². The van der Waals surface area contributed by atoms with Crippen LogP contribution in [0.3, 0.4) is 0 Å². The second-order valence-corrected chi connectivity index (χ2v) is 7.57. The standard InChI is InChI=1S/C22H27F3N4O/c1-28(19-6-3-2-4-7-19)13-5-12-26-21(30)17-10-14-29(15-11-17)20-9-8-18(16-27-20)22(23,24)25/h2-4,6-9,16-17H,5,10-15H2,1H3,(H,26,30). The number of hydrogen-bond acceptors (Lipinski definition) is 4. The molecule has 0 saturated carbocycles. The fourth-order valence-corrected chi connectivity index (χ4v) is 3.60. The summed E-state index contributed by atoms with van der Waals surface area (Å²) in [6.07, 6.45) is -1.34. The van der Waals surface area contributed by atoms with Crippen molar-refractivity contribution >= 4 is 17.4 Å². The molecule has 1 aliphatic rings. The first kappa shape index (κ1) is 21.9. The van der Waals surface area contributed by atoms with Gasteiger partial charge in [0, 0.05) is 51.0 Å². The van der Waals surface area contributed by atoms with Crippen LogP contribution in [-0.4, -0.2) is 44.1 Å². The van der Waals surface area contributed by atoms with Crippen LogP contribution in [0.4, 0.5) is 24.7 Å². The zero-order chi connectivity index (χ0) is 21.6. The van der Waals surface area contributed by atoms with Gasteiger partial charge in [-0.05, 0) is 43.5 Å². The van der Waals surface area contributed by atoms with E-state index in [9.17, 15) is 18.0 Å². The highest BCUT2D eigenvalue weighted by molar-refractivity contribution is 5.78. The molecule has 2 aromatic rings. The maximum atomic E-state index is 12.7. The monoisotopic (exact) mass is 420 g/mol. The van der Waals surface area contributed by atoms with Crippen LogP contribution in [0.15, 0.2) is 48.7 Å². The SMILES string of the molecule is CN(CCCNC(=O)C1CCN(c2ccc(C(F)(F)F)cn2)CC1)c1ccccc1. The molecule has 1 aromatic carbocycles. The molecule has 1 amide bonds. The number of benzene rings is 1. The van der Waals surface area contributed by atoms with Gasteiger partial charge in [-0.2, -0.15) is 13.2 Å². The minimum Gasteiger partial charge on any atom is -0.375 e. The molecule has 5 nitrogen and oxygen atoms in total. The van der Waals surface area contributed by atoms with Gasteiger partial charge in [-0.15, -0.1) is 0 Å². The first-order valence-electron chi connectivity index (χ1n) is 10.2. The average Bonchev–Trinajstić information content (AvgIpc) is 2.76. The van der Waals surface area contributed by atoms with Gasteiger partial charge < -0.3 is 15.1 Å². The Kier molecular flexibility index (Phi) is 7.18. The number of amides is 1. The van der Waals surface area contributed by atoms with Crippen molar-refractivity contribution in [1.29, 1.82) is 0 Å². The second kappa shape index (κ2) is 9.82. The number of rotatable bonds is 7. The van der Waals surface area contributed by atoms with Gasteiger partial charge in [-0.25, -0.2) is 4.98 Å². The van der Waals surface area contributed by atoms with Crippen LogP contribution in [0.1, 0.15) is 24.8 Å². The van der Waals surface area contributed by atoms with Crippen molar-refractivity contribution in [2.24, 2.45) is 5.92 Å². The van der Waals surface area contributed by atoms with Gasteiger partial charge in [0.05, 0.1) is 5.56 Å². The molecule has 8 heteroatoms. The van der Waals surface area contributed by atoms with Gasteiger partial charge in [-0.1, -0.05) is 18.2 Å². The van der Waals surface area contributed by atoms with Crippen LogP contribution in [0, 0.1) is 5.92 Å². The maximum Gasteiger partial charge on any atom is 0.417 e. The van der Waals surface area contributed by atoms with Gasteiger partial charge in [0.15, 0.2) is 0 Å². The van der Waals surface area contributed by atoms with Crippen LogP contribution in [0.25, 0.3) is 0 Å². The third-order valence-electron chi connectivity index (χ3n) is 5.43. The molecule has 0 aliphatic carbocycles. The Bertz CT molecular complexity index is 803. The number of pyridine rings is 1. The van der Waals surface area contributed by atoms with E-state index in [1.165, 1.54) is 6.07 Å². The van der Waals surface area contributed by atoms with Crippen LogP contribution in [-0.2, 0) is 11.0 Å². The second-order valence-electron chi connectivity index (χ2n) is 7.57. The Morgan fingerprint density at radius 1 is 1.17 bits per heavy atom. The molecule has 0 unspecified atom stereocenters. The molecule has 1 aliphatic heterocycles. The summed E-state index contributed by atoms with van der Waals surface area (Å²) >= 11 is 0. The number of para-hydroxylation sites is 1. The Balaban J connectivity index is 1.38. The molecule has 1 aromatic heterocycles. The topological polar surface area (TPSA) is 48.5 Å². The van der Waals surface area contributed by atoms with E-state index in [0.29, 0.717) is 38.3 Å². The Labute approximate surface area is 174 Å². The number of piperidine rings is 1. The van der Waals surface area contributed by atoms with E-state index in [1.54, 1.807) is 0 Å². The minimum atomic E-state index is -4.38. The van der Waals surface area contributed by atoms with Gasteiger partial charge in [0.25, 0.3) is 0 Å². The van der Waals surface area contributed by atoms with Crippen LogP contribution in [0.2, 0.25) is 0 Å². The summed E-state index contributed by atoms with van der Waals surface area (Å²) in [5.74, 6) is 0.505. The van der Waals surface area contributed by atoms with Crippen LogP contribution in [0.5, 0.6) is 0 Å². The molecule has 3 rings (SSSR count). The number of nitrogens with one attached hydrogen (secondary N) is 1. The largest absolute Gasteiger partial charge is 0.417 e. The zero-order valence-electron chi connectivity index (χ0n) is 17.0. The number of hydrogen-bond donors (Lipinski definition) is 1. The van der Waals surface area contributed by atoms with E-state index in [1.807, 2.05) is 30.1 Å². The van der Waals surface area contributed by atoms with E-state index in [2.05, 4.69) is 27.3 Å². The van der Waals surface area contributed by atoms with E-state index in [0.717, 1.165) is 30.9 Å². The fourth-order valence-electron chi connectivity index (χ4n) is 3.60. The van der Waals surface area contributed by atoms with Crippen molar-refractivity contribution in [3.63, 3.8) is 0 Å². The van der Waals surface area contributed by atoms with Gasteiger partial charge in [-0.3, -0.25) is 4.79 Å². The quantitative estimate of drug-likeness (QED) is 0.689.